The predicted molar refractivity (Wildman–Crippen MR) is 103 cm³/mol. The van der Waals surface area contributed by atoms with Crippen LogP contribution in [0.3, 0.4) is 0 Å². The summed E-state index contributed by atoms with van der Waals surface area (Å²) in [6, 6.07) is 7.18. The maximum absolute atomic E-state index is 12.5. The van der Waals surface area contributed by atoms with Crippen LogP contribution in [0.5, 0.6) is 0 Å². The topological polar surface area (TPSA) is 107 Å². The first-order valence-electron chi connectivity index (χ1n) is 8.36. The molecule has 1 atom stereocenters. The highest BCUT2D eigenvalue weighted by Gasteiger charge is 2.20. The number of hydrogen-bond acceptors (Lipinski definition) is 6. The SMILES string of the molecule is CC(C)Cn1c(=O)n(C)c(=O)c2cc(C(O)c3ccc([N+](=O)[O-])cc3)sc21. The van der Waals surface area contributed by atoms with E-state index in [9.17, 15) is 24.8 Å². The number of non-ortho nitro benzene ring substituents is 1. The van der Waals surface area contributed by atoms with Crippen molar-refractivity contribution in [1.29, 1.82) is 0 Å². The van der Waals surface area contributed by atoms with Crippen LogP contribution in [-0.2, 0) is 13.6 Å². The van der Waals surface area contributed by atoms with E-state index in [1.54, 1.807) is 10.6 Å². The van der Waals surface area contributed by atoms with Gasteiger partial charge in [-0.1, -0.05) is 13.8 Å². The summed E-state index contributed by atoms with van der Waals surface area (Å²) in [6.07, 6.45) is -1.05. The predicted octanol–water partition coefficient (Wildman–Crippen LogP) is 2.41. The number of aromatic nitrogens is 2. The molecule has 1 unspecified atom stereocenters. The van der Waals surface area contributed by atoms with Crippen molar-refractivity contribution in [2.24, 2.45) is 13.0 Å². The van der Waals surface area contributed by atoms with Gasteiger partial charge in [0.1, 0.15) is 10.9 Å². The molecule has 2 heterocycles. The van der Waals surface area contributed by atoms with E-state index in [2.05, 4.69) is 0 Å². The fourth-order valence-electron chi connectivity index (χ4n) is 2.89. The van der Waals surface area contributed by atoms with Crippen LogP contribution in [-0.4, -0.2) is 19.2 Å². The van der Waals surface area contributed by atoms with Gasteiger partial charge >= 0.3 is 5.69 Å². The second-order valence-electron chi connectivity index (χ2n) is 6.77. The number of rotatable bonds is 5. The van der Waals surface area contributed by atoms with Crippen molar-refractivity contribution in [2.45, 2.75) is 26.5 Å². The van der Waals surface area contributed by atoms with Gasteiger partial charge in [0.2, 0.25) is 0 Å². The summed E-state index contributed by atoms with van der Waals surface area (Å²) in [5, 5.41) is 21.8. The number of fused-ring (bicyclic) bond motifs is 1. The molecule has 3 aromatic rings. The van der Waals surface area contributed by atoms with E-state index < -0.39 is 16.6 Å². The average molecular weight is 389 g/mol. The van der Waals surface area contributed by atoms with Gasteiger partial charge in [0.15, 0.2) is 0 Å². The Labute approximate surface area is 158 Å². The number of hydrogen-bond donors (Lipinski definition) is 1. The summed E-state index contributed by atoms with van der Waals surface area (Å²) in [6.45, 7) is 4.41. The highest BCUT2D eigenvalue weighted by Crippen LogP contribution is 2.32. The normalized spacial score (nSPS) is 12.6. The Bertz CT molecular complexity index is 1120. The van der Waals surface area contributed by atoms with Crippen LogP contribution >= 0.6 is 11.3 Å². The molecule has 9 heteroatoms. The zero-order chi connectivity index (χ0) is 19.9. The molecule has 1 aromatic carbocycles. The zero-order valence-electron chi connectivity index (χ0n) is 15.1. The lowest BCUT2D eigenvalue weighted by atomic mass is 10.1. The highest BCUT2D eigenvalue weighted by molar-refractivity contribution is 7.18. The van der Waals surface area contributed by atoms with Gasteiger partial charge in [-0.05, 0) is 29.7 Å². The van der Waals surface area contributed by atoms with Crippen LogP contribution in [0.15, 0.2) is 39.9 Å². The average Bonchev–Trinajstić information content (AvgIpc) is 3.08. The zero-order valence-corrected chi connectivity index (χ0v) is 15.9. The summed E-state index contributed by atoms with van der Waals surface area (Å²) < 4.78 is 2.62. The van der Waals surface area contributed by atoms with Gasteiger partial charge in [-0.25, -0.2) is 4.79 Å². The minimum absolute atomic E-state index is 0.0677. The molecular weight excluding hydrogens is 370 g/mol. The van der Waals surface area contributed by atoms with Crippen molar-refractivity contribution in [3.05, 3.63) is 71.7 Å². The van der Waals surface area contributed by atoms with Crippen molar-refractivity contribution < 1.29 is 10.0 Å². The molecule has 0 fully saturated rings. The molecule has 0 saturated carbocycles. The molecule has 8 nitrogen and oxygen atoms in total. The fourth-order valence-corrected chi connectivity index (χ4v) is 4.06. The summed E-state index contributed by atoms with van der Waals surface area (Å²) in [5.74, 6) is 0.202. The standard InChI is InChI=1S/C18H19N3O5S/c1-10(2)9-20-17-13(16(23)19(3)18(20)24)8-14(27-17)15(22)11-4-6-12(7-5-11)21(25)26/h4-8,10,15,22H,9H2,1-3H3. The number of nitrogens with zero attached hydrogens (tertiary/aromatic N) is 3. The first-order valence-corrected chi connectivity index (χ1v) is 9.18. The number of benzene rings is 1. The lowest BCUT2D eigenvalue weighted by Crippen LogP contribution is -2.38. The van der Waals surface area contributed by atoms with Gasteiger partial charge in [0, 0.05) is 30.6 Å². The summed E-state index contributed by atoms with van der Waals surface area (Å²) in [5.41, 5.74) is -0.392. The van der Waals surface area contributed by atoms with Gasteiger partial charge < -0.3 is 5.11 Å². The molecule has 3 rings (SSSR count). The molecule has 0 saturated heterocycles. The quantitative estimate of drug-likeness (QED) is 0.533. The van der Waals surface area contributed by atoms with E-state index in [-0.39, 0.29) is 17.3 Å². The molecule has 0 aliphatic heterocycles. The van der Waals surface area contributed by atoms with E-state index in [1.165, 1.54) is 42.6 Å². The molecule has 142 valence electrons. The minimum Gasteiger partial charge on any atom is -0.383 e. The molecule has 0 aliphatic rings. The highest BCUT2D eigenvalue weighted by atomic mass is 32.1. The van der Waals surface area contributed by atoms with Crippen molar-refractivity contribution in [2.75, 3.05) is 0 Å². The third kappa shape index (κ3) is 3.43. The fraction of sp³-hybridized carbons (Fsp3) is 0.333. The van der Waals surface area contributed by atoms with Gasteiger partial charge in [0.25, 0.3) is 11.2 Å². The maximum Gasteiger partial charge on any atom is 0.331 e. The van der Waals surface area contributed by atoms with E-state index in [0.717, 1.165) is 4.57 Å². The summed E-state index contributed by atoms with van der Waals surface area (Å²) in [4.78, 5) is 36.3. The number of nitro groups is 1. The van der Waals surface area contributed by atoms with Gasteiger partial charge in [-0.3, -0.25) is 24.0 Å². The van der Waals surface area contributed by atoms with Gasteiger partial charge in [-0.2, -0.15) is 0 Å². The summed E-state index contributed by atoms with van der Waals surface area (Å²) in [7, 11) is 1.44. The van der Waals surface area contributed by atoms with Crippen LogP contribution < -0.4 is 11.2 Å². The molecule has 27 heavy (non-hydrogen) atoms. The van der Waals surface area contributed by atoms with E-state index in [4.69, 9.17) is 0 Å². The Morgan fingerprint density at radius 3 is 2.41 bits per heavy atom. The number of aliphatic hydroxyl groups is 1. The Morgan fingerprint density at radius 1 is 1.22 bits per heavy atom. The monoisotopic (exact) mass is 389 g/mol. The van der Waals surface area contributed by atoms with Crippen LogP contribution in [0.4, 0.5) is 5.69 Å². The lowest BCUT2D eigenvalue weighted by molar-refractivity contribution is -0.384. The van der Waals surface area contributed by atoms with Crippen molar-refractivity contribution >= 4 is 27.2 Å². The van der Waals surface area contributed by atoms with Crippen LogP contribution in [0.25, 0.3) is 10.2 Å². The molecule has 0 amide bonds. The molecule has 0 aliphatic carbocycles. The number of aliphatic hydroxyl groups excluding tert-OH is 1. The number of nitro benzene ring substituents is 1. The third-order valence-electron chi connectivity index (χ3n) is 4.27. The van der Waals surface area contributed by atoms with E-state index >= 15 is 0 Å². The third-order valence-corrected chi connectivity index (χ3v) is 5.48. The molecule has 1 N–H and O–H groups in total. The van der Waals surface area contributed by atoms with Crippen LogP contribution in [0.1, 0.15) is 30.4 Å². The van der Waals surface area contributed by atoms with Crippen molar-refractivity contribution in [3.63, 3.8) is 0 Å². The largest absolute Gasteiger partial charge is 0.383 e. The maximum atomic E-state index is 12.5. The Hall–Kier alpha value is -2.78. The number of thiophene rings is 1. The molecule has 0 spiro atoms. The van der Waals surface area contributed by atoms with E-state index in [0.29, 0.717) is 27.2 Å². The van der Waals surface area contributed by atoms with Crippen molar-refractivity contribution in [1.82, 2.24) is 9.13 Å². The molecular formula is C18H19N3O5S. The first kappa shape index (κ1) is 19.0. The first-order chi connectivity index (χ1) is 12.7. The van der Waals surface area contributed by atoms with Gasteiger partial charge in [-0.15, -0.1) is 11.3 Å². The van der Waals surface area contributed by atoms with Crippen molar-refractivity contribution in [3.8, 4) is 0 Å². The van der Waals surface area contributed by atoms with E-state index in [1.807, 2.05) is 13.8 Å². The summed E-state index contributed by atoms with van der Waals surface area (Å²) >= 11 is 1.18. The second-order valence-corrected chi connectivity index (χ2v) is 7.83. The van der Waals surface area contributed by atoms with Crippen LogP contribution in [0, 0.1) is 16.0 Å². The molecule has 0 bridgehead atoms. The second kappa shape index (κ2) is 7.09. The molecule has 2 aromatic heterocycles. The minimum atomic E-state index is -1.05. The molecule has 0 radical (unpaired) electrons. The Kier molecular flexibility index (Phi) is 4.99. The Morgan fingerprint density at radius 2 is 1.85 bits per heavy atom. The van der Waals surface area contributed by atoms with Crippen LogP contribution in [0.2, 0.25) is 0 Å². The lowest BCUT2D eigenvalue weighted by Gasteiger charge is -2.11. The smallest absolute Gasteiger partial charge is 0.331 e. The van der Waals surface area contributed by atoms with Gasteiger partial charge in [0.05, 0.1) is 10.3 Å². The Balaban J connectivity index is 2.13.